The number of rotatable bonds is 3. The second-order valence-corrected chi connectivity index (χ2v) is 2.88. The van der Waals surface area contributed by atoms with Crippen molar-refractivity contribution in [2.24, 2.45) is 12.9 Å². The van der Waals surface area contributed by atoms with E-state index in [1.165, 1.54) is 0 Å². The smallest absolute Gasteiger partial charge is 0.0946 e. The first-order valence-electron chi connectivity index (χ1n) is 3.74. The molecule has 0 aromatic carbocycles. The van der Waals surface area contributed by atoms with Crippen LogP contribution in [0, 0.1) is 0 Å². The molecule has 66 valence electrons. The Hall–Kier alpha value is -1.13. The fourth-order valence-corrected chi connectivity index (χ4v) is 1.13. The maximum Gasteiger partial charge on any atom is 0.0946 e. The van der Waals surface area contributed by atoms with Crippen LogP contribution in [0.25, 0.3) is 0 Å². The van der Waals surface area contributed by atoms with E-state index in [1.54, 1.807) is 12.5 Å². The first-order chi connectivity index (χ1) is 5.66. The van der Waals surface area contributed by atoms with Crippen LogP contribution in [-0.4, -0.2) is 9.55 Å². The number of nitrogens with zero attached hydrogens (tertiary/aromatic N) is 2. The van der Waals surface area contributed by atoms with Crippen LogP contribution < -0.4 is 11.3 Å². The molecule has 0 aliphatic carbocycles. The first kappa shape index (κ1) is 8.96. The van der Waals surface area contributed by atoms with Crippen LogP contribution in [-0.2, 0) is 7.05 Å². The zero-order chi connectivity index (χ0) is 9.14. The SMILES string of the molecule is C=C(C)C(NN)c1cncn1C. The van der Waals surface area contributed by atoms with E-state index in [0.717, 1.165) is 11.3 Å². The van der Waals surface area contributed by atoms with Crippen LogP contribution in [0.3, 0.4) is 0 Å². The Labute approximate surface area is 72.1 Å². The lowest BCUT2D eigenvalue weighted by atomic mass is 10.1. The maximum absolute atomic E-state index is 5.38. The molecule has 1 heterocycles. The molecule has 1 aromatic rings. The van der Waals surface area contributed by atoms with Gasteiger partial charge in [-0.1, -0.05) is 12.2 Å². The van der Waals surface area contributed by atoms with E-state index >= 15 is 0 Å². The molecule has 0 fully saturated rings. The summed E-state index contributed by atoms with van der Waals surface area (Å²) in [6.45, 7) is 5.77. The van der Waals surface area contributed by atoms with Gasteiger partial charge in [0.2, 0.25) is 0 Å². The summed E-state index contributed by atoms with van der Waals surface area (Å²) >= 11 is 0. The van der Waals surface area contributed by atoms with Crippen LogP contribution in [0.4, 0.5) is 0 Å². The van der Waals surface area contributed by atoms with Crippen LogP contribution in [0.15, 0.2) is 24.7 Å². The first-order valence-corrected chi connectivity index (χ1v) is 3.74. The minimum Gasteiger partial charge on any atom is -0.336 e. The fraction of sp³-hybridized carbons (Fsp3) is 0.375. The molecular formula is C8H14N4. The van der Waals surface area contributed by atoms with Gasteiger partial charge in [-0.15, -0.1) is 0 Å². The van der Waals surface area contributed by atoms with E-state index in [0.29, 0.717) is 0 Å². The van der Waals surface area contributed by atoms with E-state index in [2.05, 4.69) is 17.0 Å². The second-order valence-electron chi connectivity index (χ2n) is 2.88. The lowest BCUT2D eigenvalue weighted by molar-refractivity contribution is 0.589. The van der Waals surface area contributed by atoms with Gasteiger partial charge in [-0.3, -0.25) is 5.84 Å². The Kier molecular flexibility index (Phi) is 2.62. The summed E-state index contributed by atoms with van der Waals surface area (Å²) < 4.78 is 1.92. The van der Waals surface area contributed by atoms with Crippen LogP contribution in [0.1, 0.15) is 18.7 Å². The molecule has 1 atom stereocenters. The molecule has 1 rings (SSSR count). The summed E-state index contributed by atoms with van der Waals surface area (Å²) in [6.07, 6.45) is 3.52. The van der Waals surface area contributed by atoms with Gasteiger partial charge in [0, 0.05) is 7.05 Å². The van der Waals surface area contributed by atoms with Gasteiger partial charge < -0.3 is 4.57 Å². The average molecular weight is 166 g/mol. The minimum atomic E-state index is -0.0162. The summed E-state index contributed by atoms with van der Waals surface area (Å²) in [6, 6.07) is -0.0162. The Balaban J connectivity index is 2.94. The highest BCUT2D eigenvalue weighted by Gasteiger charge is 2.12. The number of hydrogen-bond acceptors (Lipinski definition) is 3. The molecule has 4 nitrogen and oxygen atoms in total. The molecule has 0 radical (unpaired) electrons. The third kappa shape index (κ3) is 1.54. The molecule has 0 aliphatic rings. The van der Waals surface area contributed by atoms with Gasteiger partial charge in [-0.05, 0) is 6.92 Å². The molecule has 1 aromatic heterocycles. The number of aryl methyl sites for hydroxylation is 1. The molecular weight excluding hydrogens is 152 g/mol. The lowest BCUT2D eigenvalue weighted by Gasteiger charge is -2.15. The zero-order valence-electron chi connectivity index (χ0n) is 7.41. The molecule has 0 spiro atoms. The number of aromatic nitrogens is 2. The molecule has 12 heavy (non-hydrogen) atoms. The van der Waals surface area contributed by atoms with Crippen molar-refractivity contribution in [3.8, 4) is 0 Å². The van der Waals surface area contributed by atoms with Crippen molar-refractivity contribution < 1.29 is 0 Å². The molecule has 0 saturated heterocycles. The van der Waals surface area contributed by atoms with E-state index < -0.39 is 0 Å². The summed E-state index contributed by atoms with van der Waals surface area (Å²) in [5.74, 6) is 5.38. The molecule has 3 N–H and O–H groups in total. The van der Waals surface area contributed by atoms with Crippen molar-refractivity contribution in [1.29, 1.82) is 0 Å². The van der Waals surface area contributed by atoms with E-state index in [1.807, 2.05) is 18.5 Å². The molecule has 0 bridgehead atoms. The average Bonchev–Trinajstić information content (AvgIpc) is 2.38. The van der Waals surface area contributed by atoms with Crippen LogP contribution in [0.2, 0.25) is 0 Å². The Morgan fingerprint density at radius 1 is 1.83 bits per heavy atom. The predicted molar refractivity (Wildman–Crippen MR) is 48.1 cm³/mol. The largest absolute Gasteiger partial charge is 0.336 e. The van der Waals surface area contributed by atoms with Gasteiger partial charge in [-0.2, -0.15) is 0 Å². The van der Waals surface area contributed by atoms with Crippen molar-refractivity contribution >= 4 is 0 Å². The third-order valence-electron chi connectivity index (χ3n) is 1.81. The van der Waals surface area contributed by atoms with Gasteiger partial charge in [0.25, 0.3) is 0 Å². The van der Waals surface area contributed by atoms with Gasteiger partial charge in [0.05, 0.1) is 24.3 Å². The highest BCUT2D eigenvalue weighted by atomic mass is 15.2. The van der Waals surface area contributed by atoms with Gasteiger partial charge >= 0.3 is 0 Å². The van der Waals surface area contributed by atoms with Gasteiger partial charge in [-0.25, -0.2) is 10.4 Å². The lowest BCUT2D eigenvalue weighted by Crippen LogP contribution is -2.29. The Bertz CT molecular complexity index is 276. The minimum absolute atomic E-state index is 0.0162. The van der Waals surface area contributed by atoms with Crippen molar-refractivity contribution in [3.05, 3.63) is 30.4 Å². The van der Waals surface area contributed by atoms with Crippen molar-refractivity contribution in [3.63, 3.8) is 0 Å². The topological polar surface area (TPSA) is 55.9 Å². The standard InChI is InChI=1S/C8H14N4/c1-6(2)8(11-9)7-4-10-5-12(7)3/h4-5,8,11H,1,9H2,2-3H3. The predicted octanol–water partition coefficient (Wildman–Crippen LogP) is 0.501. The molecule has 4 heteroatoms. The zero-order valence-corrected chi connectivity index (χ0v) is 7.41. The fourth-order valence-electron chi connectivity index (χ4n) is 1.13. The Morgan fingerprint density at radius 2 is 2.50 bits per heavy atom. The molecule has 0 saturated carbocycles. The van der Waals surface area contributed by atoms with E-state index in [9.17, 15) is 0 Å². The van der Waals surface area contributed by atoms with Crippen molar-refractivity contribution in [2.45, 2.75) is 13.0 Å². The van der Waals surface area contributed by atoms with Gasteiger partial charge in [0.1, 0.15) is 0 Å². The summed E-state index contributed by atoms with van der Waals surface area (Å²) in [7, 11) is 1.93. The summed E-state index contributed by atoms with van der Waals surface area (Å²) in [5, 5.41) is 0. The quantitative estimate of drug-likeness (QED) is 0.390. The maximum atomic E-state index is 5.38. The monoisotopic (exact) mass is 166 g/mol. The summed E-state index contributed by atoms with van der Waals surface area (Å²) in [4.78, 5) is 4.00. The van der Waals surface area contributed by atoms with Crippen molar-refractivity contribution in [1.82, 2.24) is 15.0 Å². The highest BCUT2D eigenvalue weighted by Crippen LogP contribution is 2.17. The number of nitrogens with one attached hydrogen (secondary N) is 1. The Morgan fingerprint density at radius 3 is 2.83 bits per heavy atom. The highest BCUT2D eigenvalue weighted by molar-refractivity contribution is 5.16. The van der Waals surface area contributed by atoms with Crippen molar-refractivity contribution in [2.75, 3.05) is 0 Å². The molecule has 1 unspecified atom stereocenters. The van der Waals surface area contributed by atoms with E-state index in [-0.39, 0.29) is 6.04 Å². The van der Waals surface area contributed by atoms with Gasteiger partial charge in [0.15, 0.2) is 0 Å². The number of hydrazine groups is 1. The normalized spacial score (nSPS) is 12.9. The molecule has 0 aliphatic heterocycles. The van der Waals surface area contributed by atoms with E-state index in [4.69, 9.17) is 5.84 Å². The third-order valence-corrected chi connectivity index (χ3v) is 1.81. The van der Waals surface area contributed by atoms with Crippen LogP contribution in [0.5, 0.6) is 0 Å². The molecule has 0 amide bonds. The number of hydrogen-bond donors (Lipinski definition) is 2. The van der Waals surface area contributed by atoms with Crippen LogP contribution >= 0.6 is 0 Å². The second kappa shape index (κ2) is 3.51. The number of imidazole rings is 1. The summed E-state index contributed by atoms with van der Waals surface area (Å²) in [5.41, 5.74) is 4.68. The number of nitrogens with two attached hydrogens (primary N) is 1.